The molecule has 9 nitrogen and oxygen atoms in total. The second kappa shape index (κ2) is 12.0. The molecule has 0 aliphatic heterocycles. The number of carbonyl (C=O) groups is 3. The Kier molecular flexibility index (Phi) is 10.8. The standard InChI is InChI=1S/C16H25NO8/c1-5-24-15(19)11(3)14(16(20)25-6-2)12(17(21)22)9-7-8-10-13(18)23-4/h12,14H,3,5-10H2,1-2,4H3. The van der Waals surface area contributed by atoms with Gasteiger partial charge in [-0.1, -0.05) is 6.58 Å². The maximum Gasteiger partial charge on any atom is 0.334 e. The van der Waals surface area contributed by atoms with Crippen LogP contribution in [0.3, 0.4) is 0 Å². The van der Waals surface area contributed by atoms with Crippen molar-refractivity contribution >= 4 is 17.9 Å². The second-order valence-electron chi connectivity index (χ2n) is 5.15. The molecule has 142 valence electrons. The van der Waals surface area contributed by atoms with E-state index in [0.717, 1.165) is 0 Å². The largest absolute Gasteiger partial charge is 0.469 e. The summed E-state index contributed by atoms with van der Waals surface area (Å²) in [6.07, 6.45) is 0.751. The average molecular weight is 359 g/mol. The second-order valence-corrected chi connectivity index (χ2v) is 5.15. The lowest BCUT2D eigenvalue weighted by molar-refractivity contribution is -0.529. The molecule has 0 N–H and O–H groups in total. The highest BCUT2D eigenvalue weighted by Crippen LogP contribution is 2.24. The Hall–Kier alpha value is -2.45. The molecule has 0 aliphatic carbocycles. The maximum atomic E-state index is 12.2. The van der Waals surface area contributed by atoms with E-state index in [4.69, 9.17) is 9.47 Å². The van der Waals surface area contributed by atoms with Crippen molar-refractivity contribution in [2.24, 2.45) is 5.92 Å². The van der Waals surface area contributed by atoms with Crippen molar-refractivity contribution in [3.8, 4) is 0 Å². The minimum Gasteiger partial charge on any atom is -0.469 e. The van der Waals surface area contributed by atoms with Gasteiger partial charge in [-0.05, 0) is 26.7 Å². The molecular weight excluding hydrogens is 334 g/mol. The van der Waals surface area contributed by atoms with Crippen molar-refractivity contribution in [2.75, 3.05) is 20.3 Å². The van der Waals surface area contributed by atoms with Crippen LogP contribution in [0.1, 0.15) is 39.5 Å². The zero-order valence-corrected chi connectivity index (χ0v) is 14.8. The highest BCUT2D eigenvalue weighted by atomic mass is 16.6. The number of ether oxygens (including phenoxy) is 3. The molecule has 0 saturated carbocycles. The third-order valence-electron chi connectivity index (χ3n) is 3.47. The number of carbonyl (C=O) groups excluding carboxylic acids is 3. The molecule has 0 bridgehead atoms. The fourth-order valence-electron chi connectivity index (χ4n) is 2.23. The quantitative estimate of drug-likeness (QED) is 0.129. The summed E-state index contributed by atoms with van der Waals surface area (Å²) in [5.74, 6) is -3.63. The number of nitro groups is 1. The van der Waals surface area contributed by atoms with Crippen molar-refractivity contribution < 1.29 is 33.5 Å². The van der Waals surface area contributed by atoms with E-state index in [1.165, 1.54) is 7.11 Å². The molecule has 0 aromatic heterocycles. The topological polar surface area (TPSA) is 122 Å². The summed E-state index contributed by atoms with van der Waals surface area (Å²) in [5.41, 5.74) is -0.310. The first-order valence-electron chi connectivity index (χ1n) is 8.02. The molecule has 0 aromatic rings. The molecule has 0 aliphatic rings. The van der Waals surface area contributed by atoms with Gasteiger partial charge in [-0.25, -0.2) is 4.79 Å². The van der Waals surface area contributed by atoms with E-state index in [9.17, 15) is 24.5 Å². The van der Waals surface area contributed by atoms with Crippen LogP contribution < -0.4 is 0 Å². The predicted octanol–water partition coefficient (Wildman–Crippen LogP) is 1.66. The van der Waals surface area contributed by atoms with E-state index < -0.39 is 34.8 Å². The molecule has 0 amide bonds. The molecule has 2 unspecified atom stereocenters. The van der Waals surface area contributed by atoms with E-state index in [-0.39, 0.29) is 31.6 Å². The molecule has 2 atom stereocenters. The molecule has 9 heteroatoms. The van der Waals surface area contributed by atoms with Crippen molar-refractivity contribution in [1.29, 1.82) is 0 Å². The molecule has 0 spiro atoms. The molecule has 0 heterocycles. The summed E-state index contributed by atoms with van der Waals surface area (Å²) in [4.78, 5) is 45.9. The molecule has 0 fully saturated rings. The first-order chi connectivity index (χ1) is 11.8. The number of unbranched alkanes of at least 4 members (excludes halogenated alkanes) is 1. The Bertz CT molecular complexity index is 502. The van der Waals surface area contributed by atoms with E-state index in [2.05, 4.69) is 11.3 Å². The van der Waals surface area contributed by atoms with Crippen molar-refractivity contribution in [3.63, 3.8) is 0 Å². The van der Waals surface area contributed by atoms with Gasteiger partial charge in [0, 0.05) is 17.8 Å². The summed E-state index contributed by atoms with van der Waals surface area (Å²) in [6, 6.07) is -1.39. The smallest absolute Gasteiger partial charge is 0.334 e. The number of methoxy groups -OCH3 is 1. The zero-order chi connectivity index (χ0) is 19.4. The van der Waals surface area contributed by atoms with Crippen LogP contribution in [-0.4, -0.2) is 49.2 Å². The summed E-state index contributed by atoms with van der Waals surface area (Å²) >= 11 is 0. The van der Waals surface area contributed by atoms with Gasteiger partial charge in [0.1, 0.15) is 0 Å². The number of nitrogens with zero attached hydrogens (tertiary/aromatic N) is 1. The fraction of sp³-hybridized carbons (Fsp3) is 0.688. The Morgan fingerprint density at radius 3 is 2.20 bits per heavy atom. The predicted molar refractivity (Wildman–Crippen MR) is 87.2 cm³/mol. The minimum atomic E-state index is -1.44. The summed E-state index contributed by atoms with van der Waals surface area (Å²) in [6.45, 7) is 6.69. The van der Waals surface area contributed by atoms with Crippen LogP contribution in [0.15, 0.2) is 12.2 Å². The highest BCUT2D eigenvalue weighted by molar-refractivity contribution is 5.95. The first kappa shape index (κ1) is 22.6. The van der Waals surface area contributed by atoms with Gasteiger partial charge in [0.2, 0.25) is 6.04 Å². The van der Waals surface area contributed by atoms with Gasteiger partial charge < -0.3 is 14.2 Å². The van der Waals surface area contributed by atoms with Gasteiger partial charge >= 0.3 is 17.9 Å². The van der Waals surface area contributed by atoms with Gasteiger partial charge in [0.15, 0.2) is 5.92 Å². The van der Waals surface area contributed by atoms with Gasteiger partial charge in [0.25, 0.3) is 0 Å². The molecule has 0 rings (SSSR count). The van der Waals surface area contributed by atoms with Crippen molar-refractivity contribution in [3.05, 3.63) is 22.3 Å². The number of hydrogen-bond donors (Lipinski definition) is 0. The molecular formula is C16H25NO8. The monoisotopic (exact) mass is 359 g/mol. The van der Waals surface area contributed by atoms with Crippen molar-refractivity contribution in [2.45, 2.75) is 45.6 Å². The van der Waals surface area contributed by atoms with Crippen LogP contribution in [-0.2, 0) is 28.6 Å². The molecule has 0 radical (unpaired) electrons. The van der Waals surface area contributed by atoms with Gasteiger partial charge in [-0.2, -0.15) is 0 Å². The third kappa shape index (κ3) is 7.77. The number of hydrogen-bond acceptors (Lipinski definition) is 8. The van der Waals surface area contributed by atoms with Crippen LogP contribution in [0.5, 0.6) is 0 Å². The zero-order valence-electron chi connectivity index (χ0n) is 14.8. The van der Waals surface area contributed by atoms with Crippen LogP contribution >= 0.6 is 0 Å². The van der Waals surface area contributed by atoms with Gasteiger partial charge in [0.05, 0.1) is 25.9 Å². The Morgan fingerprint density at radius 2 is 1.72 bits per heavy atom. The van der Waals surface area contributed by atoms with E-state index in [0.29, 0.717) is 12.8 Å². The SMILES string of the molecule is C=C(C(=O)OCC)C(C(=O)OCC)C(CCCCC(=O)OC)[N+](=O)[O-]. The number of rotatable bonds is 12. The first-order valence-corrected chi connectivity index (χ1v) is 8.02. The number of esters is 3. The lowest BCUT2D eigenvalue weighted by Crippen LogP contribution is -2.39. The van der Waals surface area contributed by atoms with E-state index >= 15 is 0 Å². The Morgan fingerprint density at radius 1 is 1.12 bits per heavy atom. The van der Waals surface area contributed by atoms with Crippen LogP contribution in [0.25, 0.3) is 0 Å². The Labute approximate surface area is 146 Å². The van der Waals surface area contributed by atoms with E-state index in [1.807, 2.05) is 0 Å². The lowest BCUT2D eigenvalue weighted by atomic mass is 9.89. The molecule has 0 saturated heterocycles. The Balaban J connectivity index is 5.19. The van der Waals surface area contributed by atoms with Gasteiger partial charge in [-0.15, -0.1) is 0 Å². The fourth-order valence-corrected chi connectivity index (χ4v) is 2.23. The molecule has 25 heavy (non-hydrogen) atoms. The van der Waals surface area contributed by atoms with Crippen LogP contribution in [0, 0.1) is 16.0 Å². The van der Waals surface area contributed by atoms with Gasteiger partial charge in [-0.3, -0.25) is 19.7 Å². The summed E-state index contributed by atoms with van der Waals surface area (Å²) in [5, 5.41) is 11.4. The van der Waals surface area contributed by atoms with Crippen molar-refractivity contribution in [1.82, 2.24) is 0 Å². The van der Waals surface area contributed by atoms with Crippen LogP contribution in [0.4, 0.5) is 0 Å². The van der Waals surface area contributed by atoms with E-state index in [1.54, 1.807) is 13.8 Å². The average Bonchev–Trinajstić information content (AvgIpc) is 2.56. The third-order valence-corrected chi connectivity index (χ3v) is 3.47. The van der Waals surface area contributed by atoms with Crippen LogP contribution in [0.2, 0.25) is 0 Å². The minimum absolute atomic E-state index is 0.0121. The summed E-state index contributed by atoms with van der Waals surface area (Å²) < 4.78 is 14.1. The summed E-state index contributed by atoms with van der Waals surface area (Å²) in [7, 11) is 1.25. The maximum absolute atomic E-state index is 12.2. The highest BCUT2D eigenvalue weighted by Gasteiger charge is 2.42. The lowest BCUT2D eigenvalue weighted by Gasteiger charge is -2.20. The normalized spacial score (nSPS) is 12.6. The molecule has 0 aromatic carbocycles.